The number of aryl methyl sites for hydroxylation is 1. The number of fused-ring (bicyclic) bond motifs is 1. The van der Waals surface area contributed by atoms with Gasteiger partial charge in [0.1, 0.15) is 0 Å². The number of rotatable bonds is 0. The van der Waals surface area contributed by atoms with Crippen molar-refractivity contribution in [3.8, 4) is 0 Å². The van der Waals surface area contributed by atoms with Crippen LogP contribution < -0.4 is 0 Å². The molecule has 0 bridgehead atoms. The third kappa shape index (κ3) is 3.15. The summed E-state index contributed by atoms with van der Waals surface area (Å²) in [5.74, 6) is 0. The zero-order chi connectivity index (χ0) is 6.97. The fraction of sp³-hybridized carbons (Fsp3) is 0.0833. The second kappa shape index (κ2) is 6.20. The van der Waals surface area contributed by atoms with Crippen molar-refractivity contribution in [2.75, 3.05) is 0 Å². The molecule has 70 valence electrons. The Morgan fingerprint density at radius 3 is 2.31 bits per heavy atom. The van der Waals surface area contributed by atoms with Gasteiger partial charge in [-0.15, -0.1) is 40.6 Å². The smallest absolute Gasteiger partial charge is 0 e. The first kappa shape index (κ1) is 15.2. The molecule has 0 saturated carbocycles. The predicted molar refractivity (Wildman–Crippen MR) is 57.1 cm³/mol. The van der Waals surface area contributed by atoms with E-state index in [-0.39, 0.29) is 40.7 Å². The second-order valence-electron chi connectivity index (χ2n) is 2.66. The molecule has 0 aliphatic carbocycles. The monoisotopic (exact) mass is 339 g/mol. The molecule has 0 aliphatic heterocycles. The van der Waals surface area contributed by atoms with Gasteiger partial charge < -0.3 is 14.9 Å². The summed E-state index contributed by atoms with van der Waals surface area (Å²) in [6.45, 7) is 2.12. The van der Waals surface area contributed by atoms with Gasteiger partial charge in [0.25, 0.3) is 0 Å². The summed E-state index contributed by atoms with van der Waals surface area (Å²) in [6.07, 6.45) is 0. The Balaban J connectivity index is 0. The summed E-state index contributed by atoms with van der Waals surface area (Å²) < 4.78 is 0. The molecule has 13 heavy (non-hydrogen) atoms. The van der Waals surface area contributed by atoms with Crippen LogP contribution in [0.25, 0.3) is 10.8 Å². The van der Waals surface area contributed by atoms with Crippen LogP contribution in [-0.4, -0.2) is 0 Å². The molecule has 2 aromatic rings. The zero-order valence-corrected chi connectivity index (χ0v) is 12.1. The van der Waals surface area contributed by atoms with Gasteiger partial charge in [0.15, 0.2) is 0 Å². The Bertz CT molecular complexity index is 314. The average Bonchev–Trinajstić information content (AvgIpc) is 2.27. The van der Waals surface area contributed by atoms with Gasteiger partial charge in [0.05, 0.1) is 0 Å². The molecule has 2 aromatic carbocycles. The van der Waals surface area contributed by atoms with Crippen LogP contribution in [-0.2, 0) is 25.8 Å². The molecule has 0 radical (unpaired) electrons. The van der Waals surface area contributed by atoms with Crippen LogP contribution in [0.1, 0.15) is 5.56 Å². The normalized spacial score (nSPS) is 8.08. The Labute approximate surface area is 100 Å². The van der Waals surface area contributed by atoms with Crippen LogP contribution in [0.4, 0.5) is 0 Å². The Kier molecular flexibility index (Phi) is 7.24. The van der Waals surface area contributed by atoms with Crippen molar-refractivity contribution in [1.82, 2.24) is 0 Å². The summed E-state index contributed by atoms with van der Waals surface area (Å²) in [6, 6.07) is 12.8. The summed E-state index contributed by atoms with van der Waals surface area (Å²) in [4.78, 5) is 0. The third-order valence-corrected chi connectivity index (χ3v) is 1.76. The van der Waals surface area contributed by atoms with Crippen molar-refractivity contribution in [2.45, 2.75) is 6.92 Å². The van der Waals surface area contributed by atoms with Crippen molar-refractivity contribution in [1.29, 1.82) is 0 Å². The first-order valence-corrected chi connectivity index (χ1v) is 3.48. The number of hydrogen-bond donors (Lipinski definition) is 0. The van der Waals surface area contributed by atoms with E-state index in [1.54, 1.807) is 0 Å². The molecule has 0 unspecified atom stereocenters. The molecule has 0 aliphatic rings. The predicted octanol–water partition coefficient (Wildman–Crippen LogP) is 3.77. The van der Waals surface area contributed by atoms with Crippen LogP contribution in [0.15, 0.2) is 36.4 Å². The topological polar surface area (TPSA) is 0 Å². The summed E-state index contributed by atoms with van der Waals surface area (Å²) in [5, 5.41) is 2.69. The van der Waals surface area contributed by atoms with Crippen LogP contribution in [0.5, 0.6) is 0 Å². The van der Waals surface area contributed by atoms with E-state index >= 15 is 0 Å². The van der Waals surface area contributed by atoms with E-state index < -0.39 is 0 Å². The van der Waals surface area contributed by atoms with E-state index in [2.05, 4.69) is 43.3 Å². The van der Waals surface area contributed by atoms with Gasteiger partial charge in [-0.25, -0.2) is 0 Å². The maximum atomic E-state index is 2.20. The van der Waals surface area contributed by atoms with Gasteiger partial charge in [-0.3, -0.25) is 0 Å². The summed E-state index contributed by atoms with van der Waals surface area (Å²) in [5.41, 5.74) is 1.35. The molecule has 0 heterocycles. The van der Waals surface area contributed by atoms with Gasteiger partial charge in [-0.1, -0.05) is 13.0 Å². The molecule has 0 amide bonds. The molecule has 2 rings (SSSR count). The van der Waals surface area contributed by atoms with Gasteiger partial charge in [-0.05, 0) is 0 Å². The van der Waals surface area contributed by atoms with E-state index in [1.807, 2.05) is 0 Å². The van der Waals surface area contributed by atoms with Gasteiger partial charge >= 0.3 is 0 Å². The van der Waals surface area contributed by atoms with E-state index in [9.17, 15) is 0 Å². The second-order valence-corrected chi connectivity index (χ2v) is 2.66. The molecule has 0 fully saturated rings. The maximum absolute atomic E-state index is 2.20. The molecule has 0 atom stereocenters. The zero-order valence-electron chi connectivity index (χ0n) is 8.46. The van der Waals surface area contributed by atoms with Gasteiger partial charge in [0.2, 0.25) is 0 Å². The molecule has 0 aromatic heterocycles. The first-order valence-electron chi connectivity index (χ1n) is 3.48. The molecular weight excluding hydrogens is 323 g/mol. The van der Waals surface area contributed by atoms with Crippen LogP contribution in [0.2, 0.25) is 0 Å². The number of hydrogen-bond acceptors (Lipinski definition) is 0. The van der Waals surface area contributed by atoms with Crippen LogP contribution in [0.3, 0.4) is 0 Å². The van der Waals surface area contributed by atoms with Crippen molar-refractivity contribution < 1.29 is 25.8 Å². The van der Waals surface area contributed by atoms with E-state index in [4.69, 9.17) is 0 Å². The molecule has 0 nitrogen and oxygen atoms in total. The summed E-state index contributed by atoms with van der Waals surface area (Å²) in [7, 11) is 0. The SMILES string of the molecule is Cc1cc2ccccc2[cH-]1.[CH3-].[CH3-].[Hf]. The minimum absolute atomic E-state index is 0. The largest absolute Gasteiger partial charge is 0.358 e. The van der Waals surface area contributed by atoms with Crippen molar-refractivity contribution in [2.24, 2.45) is 0 Å². The number of benzene rings is 1. The van der Waals surface area contributed by atoms with E-state index in [1.165, 1.54) is 16.3 Å². The minimum atomic E-state index is 0. The maximum Gasteiger partial charge on any atom is 0 e. The van der Waals surface area contributed by atoms with Crippen molar-refractivity contribution in [3.63, 3.8) is 0 Å². The van der Waals surface area contributed by atoms with E-state index in [0.29, 0.717) is 0 Å². The summed E-state index contributed by atoms with van der Waals surface area (Å²) >= 11 is 0. The molecule has 0 saturated heterocycles. The van der Waals surface area contributed by atoms with Gasteiger partial charge in [0, 0.05) is 25.8 Å². The fourth-order valence-electron chi connectivity index (χ4n) is 1.31. The first-order chi connectivity index (χ1) is 4.86. The standard InChI is InChI=1S/C10H9.2CH3.Hf/c1-8-6-9-4-2-3-5-10(9)7-8;;;/h2-7H,1H3;2*1H3;/q3*-1;. The Morgan fingerprint density at radius 2 is 1.69 bits per heavy atom. The quantitative estimate of drug-likeness (QED) is 0.507. The fourth-order valence-corrected chi connectivity index (χ4v) is 1.31. The van der Waals surface area contributed by atoms with E-state index in [0.717, 1.165) is 0 Å². The third-order valence-electron chi connectivity index (χ3n) is 1.76. The van der Waals surface area contributed by atoms with Crippen molar-refractivity contribution >= 4 is 10.8 Å². The van der Waals surface area contributed by atoms with Gasteiger partial charge in [-0.2, -0.15) is 6.07 Å². The van der Waals surface area contributed by atoms with Crippen molar-refractivity contribution in [3.05, 3.63) is 56.8 Å². The van der Waals surface area contributed by atoms with Crippen LogP contribution >= 0.6 is 0 Å². The van der Waals surface area contributed by atoms with Crippen LogP contribution in [0, 0.1) is 21.8 Å². The minimum Gasteiger partial charge on any atom is -0.358 e. The molecule has 1 heteroatoms. The Hall–Kier alpha value is -0.300. The Morgan fingerprint density at radius 1 is 1.08 bits per heavy atom. The molecular formula is C12H15Hf-3. The average molecular weight is 338 g/mol. The molecule has 0 spiro atoms. The molecule has 0 N–H and O–H groups in total.